The first-order chi connectivity index (χ1) is 15.6. The molecule has 0 saturated heterocycles. The summed E-state index contributed by atoms with van der Waals surface area (Å²) in [6.07, 6.45) is 11.2. The zero-order chi connectivity index (χ0) is 23.7. The number of aliphatic hydroxyl groups is 2. The van der Waals surface area contributed by atoms with E-state index in [0.29, 0.717) is 41.1 Å². The number of cyclic esters (lactones) is 1. The number of fused-ring (bicyclic) bond motifs is 5. The van der Waals surface area contributed by atoms with Crippen LogP contribution in [0.2, 0.25) is 0 Å². The smallest absolute Gasteiger partial charge is 0.336 e. The second-order valence-electron chi connectivity index (χ2n) is 12.8. The first kappa shape index (κ1) is 23.6. The van der Waals surface area contributed by atoms with Crippen LogP contribution in [0, 0.1) is 46.3 Å². The third-order valence-corrected chi connectivity index (χ3v) is 11.4. The van der Waals surface area contributed by atoms with Crippen LogP contribution in [0.3, 0.4) is 0 Å². The third kappa shape index (κ3) is 3.41. The van der Waals surface area contributed by atoms with Crippen LogP contribution in [0.15, 0.2) is 22.8 Å². The molecule has 2 N–H and O–H groups in total. The van der Waals surface area contributed by atoms with E-state index < -0.39 is 0 Å². The summed E-state index contributed by atoms with van der Waals surface area (Å²) >= 11 is 0. The van der Waals surface area contributed by atoms with Gasteiger partial charge in [0.2, 0.25) is 0 Å². The number of carbonyl (C=O) groups is 1. The van der Waals surface area contributed by atoms with Crippen molar-refractivity contribution < 1.29 is 19.7 Å². The highest BCUT2D eigenvalue weighted by atomic mass is 16.5. The Labute approximate surface area is 199 Å². The first-order valence-electron chi connectivity index (χ1n) is 13.5. The van der Waals surface area contributed by atoms with E-state index >= 15 is 0 Å². The normalized spacial score (nSPS) is 48.4. The zero-order valence-corrected chi connectivity index (χ0v) is 21.3. The van der Waals surface area contributed by atoms with E-state index in [0.717, 1.165) is 24.8 Å². The zero-order valence-electron chi connectivity index (χ0n) is 21.3. The van der Waals surface area contributed by atoms with Crippen molar-refractivity contribution in [3.05, 3.63) is 22.8 Å². The Hall–Kier alpha value is -1.13. The maximum Gasteiger partial charge on any atom is 0.336 e. The largest absolute Gasteiger partial charge is 0.458 e. The molecule has 1 aliphatic heterocycles. The van der Waals surface area contributed by atoms with Gasteiger partial charge < -0.3 is 14.9 Å². The molecule has 33 heavy (non-hydrogen) atoms. The highest BCUT2D eigenvalue weighted by Gasteiger charge is 2.61. The molecule has 4 heteroatoms. The molecule has 8 unspecified atom stereocenters. The van der Waals surface area contributed by atoms with Crippen molar-refractivity contribution in [2.45, 2.75) is 98.2 Å². The van der Waals surface area contributed by atoms with Gasteiger partial charge in [-0.1, -0.05) is 44.9 Å². The molecule has 0 spiro atoms. The monoisotopic (exact) mass is 456 g/mol. The van der Waals surface area contributed by atoms with Gasteiger partial charge in [0.15, 0.2) is 0 Å². The quantitative estimate of drug-likeness (QED) is 0.439. The number of rotatable bonds is 3. The fourth-order valence-corrected chi connectivity index (χ4v) is 9.45. The summed E-state index contributed by atoms with van der Waals surface area (Å²) in [4.78, 5) is 12.5. The molecule has 0 bridgehead atoms. The Morgan fingerprint density at radius 3 is 2.64 bits per heavy atom. The lowest BCUT2D eigenvalue weighted by atomic mass is 9.46. The number of esters is 1. The number of hydrogen-bond donors (Lipinski definition) is 2. The Bertz CT molecular complexity index is 873. The molecular weight excluding hydrogens is 412 g/mol. The lowest BCUT2D eigenvalue weighted by molar-refractivity contribution is -0.152. The summed E-state index contributed by atoms with van der Waals surface area (Å²) in [5, 5.41) is 20.8. The van der Waals surface area contributed by atoms with Crippen molar-refractivity contribution in [1.29, 1.82) is 0 Å². The first-order valence-corrected chi connectivity index (χ1v) is 13.5. The van der Waals surface area contributed by atoms with E-state index in [4.69, 9.17) is 4.74 Å². The average Bonchev–Trinajstić information content (AvgIpc) is 3.11. The SMILES string of the molecule is CC1=C(CO)C(=O)OC([C@@H](C)C2CCC3C4CC=C5CC(C)C[C@H](O)C5(C)C4CCC32C)C1. The molecular formula is C29H44O4. The lowest BCUT2D eigenvalue weighted by Gasteiger charge is -2.60. The predicted molar refractivity (Wildman–Crippen MR) is 129 cm³/mol. The van der Waals surface area contributed by atoms with Gasteiger partial charge in [-0.05, 0) is 92.8 Å². The highest BCUT2D eigenvalue weighted by molar-refractivity contribution is 5.90. The molecule has 5 aliphatic rings. The standard InChI is InChI=1S/C29H44O4/c1-16-12-19-6-7-20-23-9-8-22(18(3)25-14-17(2)21(15-30)27(32)33-25)28(23,4)11-10-24(20)29(19,5)26(31)13-16/h6,16,18,20,22-26,30-31H,7-15H2,1-5H3/t16?,18-,20?,22?,23?,24?,25?,26-,28?,29?/m0/s1. The number of carbonyl (C=O) groups excluding carboxylic acids is 1. The van der Waals surface area contributed by atoms with Crippen LogP contribution < -0.4 is 0 Å². The minimum absolute atomic E-state index is 0.0397. The van der Waals surface area contributed by atoms with E-state index in [1.807, 2.05) is 6.92 Å². The summed E-state index contributed by atoms with van der Waals surface area (Å²) in [7, 11) is 0. The van der Waals surface area contributed by atoms with Crippen LogP contribution in [-0.4, -0.2) is 35.0 Å². The molecule has 4 aliphatic carbocycles. The molecule has 184 valence electrons. The van der Waals surface area contributed by atoms with E-state index in [2.05, 4.69) is 33.8 Å². The molecule has 0 radical (unpaired) electrons. The maximum absolute atomic E-state index is 12.5. The number of aliphatic hydroxyl groups excluding tert-OH is 2. The number of hydrogen-bond acceptors (Lipinski definition) is 4. The summed E-state index contributed by atoms with van der Waals surface area (Å²) in [6, 6.07) is 0. The summed E-state index contributed by atoms with van der Waals surface area (Å²) < 4.78 is 5.88. The van der Waals surface area contributed by atoms with Gasteiger partial charge in [-0.3, -0.25) is 0 Å². The molecule has 0 amide bonds. The van der Waals surface area contributed by atoms with Crippen LogP contribution in [0.1, 0.15) is 86.0 Å². The summed E-state index contributed by atoms with van der Waals surface area (Å²) in [6.45, 7) is 11.2. The molecule has 5 rings (SSSR count). The molecule has 4 nitrogen and oxygen atoms in total. The molecule has 0 aromatic carbocycles. The Morgan fingerprint density at radius 1 is 1.18 bits per heavy atom. The van der Waals surface area contributed by atoms with Gasteiger partial charge >= 0.3 is 5.97 Å². The number of ether oxygens (including phenoxy) is 1. The lowest BCUT2D eigenvalue weighted by Crippen LogP contribution is -2.55. The Morgan fingerprint density at radius 2 is 1.94 bits per heavy atom. The van der Waals surface area contributed by atoms with Crippen molar-refractivity contribution in [3.63, 3.8) is 0 Å². The highest BCUT2D eigenvalue weighted by Crippen LogP contribution is 2.67. The molecule has 3 fully saturated rings. The van der Waals surface area contributed by atoms with Gasteiger partial charge in [0.25, 0.3) is 0 Å². The van der Waals surface area contributed by atoms with Gasteiger partial charge in [0, 0.05) is 11.8 Å². The van der Waals surface area contributed by atoms with Gasteiger partial charge in [-0.2, -0.15) is 0 Å². The summed E-state index contributed by atoms with van der Waals surface area (Å²) in [5.74, 6) is 3.09. The van der Waals surface area contributed by atoms with Crippen molar-refractivity contribution >= 4 is 5.97 Å². The van der Waals surface area contributed by atoms with Crippen LogP contribution in [-0.2, 0) is 9.53 Å². The fraction of sp³-hybridized carbons (Fsp3) is 0.828. The van der Waals surface area contributed by atoms with Gasteiger partial charge in [-0.25, -0.2) is 4.79 Å². The van der Waals surface area contributed by atoms with Gasteiger partial charge in [-0.15, -0.1) is 0 Å². The van der Waals surface area contributed by atoms with Crippen molar-refractivity contribution in [2.75, 3.05) is 6.61 Å². The molecule has 1 heterocycles. The van der Waals surface area contributed by atoms with E-state index in [-0.39, 0.29) is 35.6 Å². The predicted octanol–water partition coefficient (Wildman–Crippen LogP) is 5.43. The molecule has 0 aromatic rings. The number of allylic oxidation sites excluding steroid dienone is 1. The van der Waals surface area contributed by atoms with Crippen LogP contribution >= 0.6 is 0 Å². The van der Waals surface area contributed by atoms with Crippen molar-refractivity contribution in [3.8, 4) is 0 Å². The van der Waals surface area contributed by atoms with E-state index in [9.17, 15) is 15.0 Å². The van der Waals surface area contributed by atoms with E-state index in [1.54, 1.807) is 0 Å². The summed E-state index contributed by atoms with van der Waals surface area (Å²) in [5.41, 5.74) is 3.22. The minimum atomic E-state index is -0.320. The van der Waals surface area contributed by atoms with Gasteiger partial charge in [0.1, 0.15) is 6.10 Å². The third-order valence-electron chi connectivity index (χ3n) is 11.4. The fourth-order valence-electron chi connectivity index (χ4n) is 9.45. The maximum atomic E-state index is 12.5. The minimum Gasteiger partial charge on any atom is -0.458 e. The second-order valence-corrected chi connectivity index (χ2v) is 12.8. The second kappa shape index (κ2) is 8.22. The van der Waals surface area contributed by atoms with Gasteiger partial charge in [0.05, 0.1) is 18.3 Å². The van der Waals surface area contributed by atoms with Crippen molar-refractivity contribution in [1.82, 2.24) is 0 Å². The van der Waals surface area contributed by atoms with Crippen molar-refractivity contribution in [2.24, 2.45) is 46.3 Å². The van der Waals surface area contributed by atoms with E-state index in [1.165, 1.54) is 37.7 Å². The molecule has 0 aromatic heterocycles. The average molecular weight is 457 g/mol. The topological polar surface area (TPSA) is 66.8 Å². The van der Waals surface area contributed by atoms with Crippen LogP contribution in [0.5, 0.6) is 0 Å². The molecule has 10 atom stereocenters. The Balaban J connectivity index is 1.38. The van der Waals surface area contributed by atoms with Crippen LogP contribution in [0.25, 0.3) is 0 Å². The Kier molecular flexibility index (Phi) is 5.88. The molecule has 3 saturated carbocycles. The van der Waals surface area contributed by atoms with Crippen LogP contribution in [0.4, 0.5) is 0 Å².